The van der Waals surface area contributed by atoms with Crippen molar-refractivity contribution < 1.29 is 0 Å². The Hall–Kier alpha value is -0.555. The molecule has 0 aliphatic carbocycles. The van der Waals surface area contributed by atoms with Crippen molar-refractivity contribution in [1.29, 1.82) is 0 Å². The van der Waals surface area contributed by atoms with Crippen LogP contribution in [-0.4, -0.2) is 26.2 Å². The molecule has 0 atom stereocenters. The second-order valence-electron chi connectivity index (χ2n) is 1.07. The van der Waals surface area contributed by atoms with Gasteiger partial charge in [-0.25, -0.2) is 9.98 Å². The minimum absolute atomic E-state index is 0.795. The van der Waals surface area contributed by atoms with Crippen LogP contribution in [-0.2, 0) is 0 Å². The third-order valence-electron chi connectivity index (χ3n) is 0.582. The first-order valence-corrected chi connectivity index (χ1v) is 1.90. The summed E-state index contributed by atoms with van der Waals surface area (Å²) in [6.07, 6.45) is 1.59. The highest BCUT2D eigenvalue weighted by atomic mass is 14.8. The third kappa shape index (κ3) is 0.695. The van der Waals surface area contributed by atoms with E-state index in [1.165, 1.54) is 0 Å². The summed E-state index contributed by atoms with van der Waals surface area (Å²) in [5.74, 6) is 0. The van der Waals surface area contributed by atoms with Crippen molar-refractivity contribution in [2.24, 2.45) is 9.98 Å². The molecule has 0 N–H and O–H groups in total. The van der Waals surface area contributed by atoms with E-state index in [1.54, 1.807) is 0 Å². The van der Waals surface area contributed by atoms with Gasteiger partial charge in [0.1, 0.15) is 0 Å². The molecule has 2 nitrogen and oxygen atoms in total. The van der Waals surface area contributed by atoms with E-state index in [4.69, 9.17) is 0 Å². The van der Waals surface area contributed by atoms with Crippen LogP contribution >= 0.6 is 0 Å². The second-order valence-corrected chi connectivity index (χ2v) is 1.07. The standard InChI is InChI=1S/C3H4BN2/c1-4-2-6-3-5-1/h1-2H2. The Morgan fingerprint density at radius 3 is 2.17 bits per heavy atom. The van der Waals surface area contributed by atoms with Gasteiger partial charge in [-0.3, -0.25) is 0 Å². The molecule has 1 rings (SSSR count). The molecule has 0 bridgehead atoms. The summed E-state index contributed by atoms with van der Waals surface area (Å²) in [6.45, 7) is 0. The zero-order valence-electron chi connectivity index (χ0n) is 3.39. The van der Waals surface area contributed by atoms with E-state index >= 15 is 0 Å². The average Bonchev–Trinajstić information content (AvgIpc) is 1.72. The molecule has 1 heterocycles. The molecule has 1 aliphatic heterocycles. The van der Waals surface area contributed by atoms with Crippen LogP contribution in [0.1, 0.15) is 0 Å². The number of nitrogens with zero attached hydrogens (tertiary/aromatic N) is 2. The largest absolute Gasteiger partial charge is 0.235 e. The first kappa shape index (κ1) is 3.63. The van der Waals surface area contributed by atoms with Gasteiger partial charge < -0.3 is 0 Å². The van der Waals surface area contributed by atoms with Gasteiger partial charge in [-0.05, 0) is 0 Å². The van der Waals surface area contributed by atoms with Gasteiger partial charge in [0.25, 0.3) is 0 Å². The van der Waals surface area contributed by atoms with Crippen LogP contribution < -0.4 is 0 Å². The van der Waals surface area contributed by atoms with Gasteiger partial charge >= 0.3 is 0 Å². The molecule has 0 fully saturated rings. The van der Waals surface area contributed by atoms with Gasteiger partial charge in [-0.2, -0.15) is 0 Å². The van der Waals surface area contributed by atoms with E-state index in [0.29, 0.717) is 0 Å². The Balaban J connectivity index is 2.53. The van der Waals surface area contributed by atoms with Crippen LogP contribution in [0.5, 0.6) is 0 Å². The lowest BCUT2D eigenvalue weighted by Gasteiger charge is -1.86. The van der Waals surface area contributed by atoms with Crippen LogP contribution in [0.15, 0.2) is 9.98 Å². The highest BCUT2D eigenvalue weighted by Crippen LogP contribution is 1.72. The maximum atomic E-state index is 3.70. The van der Waals surface area contributed by atoms with Gasteiger partial charge in [0, 0.05) is 12.9 Å². The SMILES string of the molecule is [B]1CN=C=NC1. The fourth-order valence-electron chi connectivity index (χ4n) is 0.318. The highest BCUT2D eigenvalue weighted by molar-refractivity contribution is 6.36. The van der Waals surface area contributed by atoms with Gasteiger partial charge in [0.15, 0.2) is 7.28 Å². The van der Waals surface area contributed by atoms with E-state index in [1.807, 2.05) is 7.28 Å². The van der Waals surface area contributed by atoms with E-state index in [2.05, 4.69) is 16.0 Å². The molecule has 0 aromatic heterocycles. The number of hydrogen-bond donors (Lipinski definition) is 0. The number of rotatable bonds is 0. The second kappa shape index (κ2) is 1.78. The van der Waals surface area contributed by atoms with Crippen molar-refractivity contribution in [1.82, 2.24) is 0 Å². The lowest BCUT2D eigenvalue weighted by molar-refractivity contribution is 1.23. The summed E-state index contributed by atoms with van der Waals surface area (Å²) < 4.78 is 0. The van der Waals surface area contributed by atoms with Crippen molar-refractivity contribution in [2.45, 2.75) is 0 Å². The highest BCUT2D eigenvalue weighted by Gasteiger charge is 1.86. The zero-order valence-corrected chi connectivity index (χ0v) is 3.39. The molecule has 29 valence electrons. The van der Waals surface area contributed by atoms with Crippen molar-refractivity contribution in [3.63, 3.8) is 0 Å². The number of aliphatic imine (C=N–C) groups is 2. The van der Waals surface area contributed by atoms with Gasteiger partial charge in [-0.1, -0.05) is 0 Å². The van der Waals surface area contributed by atoms with E-state index in [0.717, 1.165) is 12.9 Å². The maximum absolute atomic E-state index is 3.70. The molecule has 0 spiro atoms. The number of hydrogen-bond acceptors (Lipinski definition) is 2. The van der Waals surface area contributed by atoms with E-state index < -0.39 is 0 Å². The van der Waals surface area contributed by atoms with Crippen LogP contribution in [0.2, 0.25) is 0 Å². The van der Waals surface area contributed by atoms with Crippen LogP contribution in [0.3, 0.4) is 0 Å². The van der Waals surface area contributed by atoms with E-state index in [9.17, 15) is 0 Å². The molecule has 1 aliphatic rings. The Morgan fingerprint density at radius 1 is 1.33 bits per heavy atom. The Labute approximate surface area is 37.2 Å². The Bertz CT molecular complexity index is 85.0. The lowest BCUT2D eigenvalue weighted by atomic mass is 9.79. The Morgan fingerprint density at radius 2 is 2.00 bits per heavy atom. The van der Waals surface area contributed by atoms with Gasteiger partial charge in [0.05, 0.1) is 6.01 Å². The molecule has 0 saturated carbocycles. The molecular weight excluding hydrogens is 74.9 g/mol. The summed E-state index contributed by atoms with van der Waals surface area (Å²) in [5.41, 5.74) is 0. The lowest BCUT2D eigenvalue weighted by Crippen LogP contribution is -2.03. The smallest absolute Gasteiger partial charge is 0.170 e. The van der Waals surface area contributed by atoms with Crippen molar-refractivity contribution in [2.75, 3.05) is 12.9 Å². The fourth-order valence-corrected chi connectivity index (χ4v) is 0.318. The minimum Gasteiger partial charge on any atom is -0.235 e. The van der Waals surface area contributed by atoms with E-state index in [-0.39, 0.29) is 0 Å². The van der Waals surface area contributed by atoms with Gasteiger partial charge in [0.2, 0.25) is 0 Å². The summed E-state index contributed by atoms with van der Waals surface area (Å²) in [7, 11) is 2.00. The summed E-state index contributed by atoms with van der Waals surface area (Å²) in [6, 6.07) is 2.50. The topological polar surface area (TPSA) is 24.7 Å². The average molecular weight is 78.9 g/mol. The first-order chi connectivity index (χ1) is 3.00. The van der Waals surface area contributed by atoms with Crippen LogP contribution in [0.4, 0.5) is 0 Å². The Kier molecular flexibility index (Phi) is 1.08. The quantitative estimate of drug-likeness (QED) is 0.359. The summed E-state index contributed by atoms with van der Waals surface area (Å²) >= 11 is 0. The summed E-state index contributed by atoms with van der Waals surface area (Å²) in [5, 5.41) is 0. The van der Waals surface area contributed by atoms with Crippen LogP contribution in [0, 0.1) is 0 Å². The molecule has 0 amide bonds. The maximum Gasteiger partial charge on any atom is 0.170 e. The minimum atomic E-state index is 0.795. The zero-order chi connectivity index (χ0) is 4.24. The molecule has 0 aromatic carbocycles. The predicted octanol–water partition coefficient (Wildman–Crippen LogP) is -0.207. The molecule has 3 heteroatoms. The summed E-state index contributed by atoms with van der Waals surface area (Å²) in [4.78, 5) is 7.41. The molecule has 6 heavy (non-hydrogen) atoms. The fraction of sp³-hybridized carbons (Fsp3) is 0.667. The monoisotopic (exact) mass is 79.0 g/mol. The first-order valence-electron chi connectivity index (χ1n) is 1.90. The predicted molar refractivity (Wildman–Crippen MR) is 25.4 cm³/mol. The third-order valence-corrected chi connectivity index (χ3v) is 0.582. The normalized spacial score (nSPS) is 17.3. The molecule has 1 radical (unpaired) electrons. The van der Waals surface area contributed by atoms with Gasteiger partial charge in [-0.15, -0.1) is 0 Å². The molecular formula is C3H4BN2. The van der Waals surface area contributed by atoms with Crippen molar-refractivity contribution in [3.05, 3.63) is 0 Å². The molecule has 0 aromatic rings. The molecule has 0 saturated heterocycles. The van der Waals surface area contributed by atoms with Crippen molar-refractivity contribution in [3.8, 4) is 0 Å². The van der Waals surface area contributed by atoms with Crippen LogP contribution in [0.25, 0.3) is 0 Å². The molecule has 0 unspecified atom stereocenters. The van der Waals surface area contributed by atoms with Crippen molar-refractivity contribution >= 4 is 13.3 Å².